The van der Waals surface area contributed by atoms with E-state index in [1.54, 1.807) is 0 Å². The summed E-state index contributed by atoms with van der Waals surface area (Å²) in [4.78, 5) is 14.7. The average molecular weight is 286 g/mol. The SMILES string of the molecule is Cc1ccc(C2NC(C)C(=O)N2C(C)C2CCCC2)cc1. The summed E-state index contributed by atoms with van der Waals surface area (Å²) in [7, 11) is 0. The lowest BCUT2D eigenvalue weighted by Gasteiger charge is -2.34. The minimum atomic E-state index is -0.0832. The highest BCUT2D eigenvalue weighted by Crippen LogP contribution is 2.36. The molecular weight excluding hydrogens is 260 g/mol. The predicted molar refractivity (Wildman–Crippen MR) is 84.8 cm³/mol. The molecule has 1 saturated carbocycles. The number of carbonyl (C=O) groups is 1. The van der Waals surface area contributed by atoms with Crippen LogP contribution in [0.25, 0.3) is 0 Å². The highest BCUT2D eigenvalue weighted by atomic mass is 16.2. The Balaban J connectivity index is 1.86. The summed E-state index contributed by atoms with van der Waals surface area (Å²) in [5, 5.41) is 3.47. The Kier molecular flexibility index (Phi) is 4.03. The summed E-state index contributed by atoms with van der Waals surface area (Å²) >= 11 is 0. The van der Waals surface area contributed by atoms with Crippen LogP contribution in [0.4, 0.5) is 0 Å². The molecule has 3 heteroatoms. The summed E-state index contributed by atoms with van der Waals surface area (Å²) in [5.74, 6) is 0.911. The summed E-state index contributed by atoms with van der Waals surface area (Å²) in [6, 6.07) is 8.79. The molecule has 1 aliphatic carbocycles. The van der Waals surface area contributed by atoms with Crippen molar-refractivity contribution in [2.75, 3.05) is 0 Å². The molecule has 3 rings (SSSR count). The fourth-order valence-corrected chi connectivity index (χ4v) is 3.85. The van der Waals surface area contributed by atoms with E-state index >= 15 is 0 Å². The first-order valence-corrected chi connectivity index (χ1v) is 8.22. The van der Waals surface area contributed by atoms with Gasteiger partial charge in [0.1, 0.15) is 6.17 Å². The first-order chi connectivity index (χ1) is 10.1. The molecule has 21 heavy (non-hydrogen) atoms. The molecule has 3 atom stereocenters. The van der Waals surface area contributed by atoms with Crippen molar-refractivity contribution in [3.05, 3.63) is 35.4 Å². The standard InChI is InChI=1S/C18H26N2O/c1-12-8-10-16(11-9-12)17-19-13(2)18(21)20(17)14(3)15-6-4-5-7-15/h8-11,13-15,17,19H,4-7H2,1-3H3. The maximum absolute atomic E-state index is 12.6. The van der Waals surface area contributed by atoms with E-state index in [2.05, 4.69) is 48.3 Å². The Morgan fingerprint density at radius 3 is 2.43 bits per heavy atom. The fourth-order valence-electron chi connectivity index (χ4n) is 3.85. The minimum Gasteiger partial charge on any atom is -0.319 e. The van der Waals surface area contributed by atoms with Crippen LogP contribution in [0.1, 0.15) is 56.8 Å². The molecule has 3 unspecified atom stereocenters. The second-order valence-electron chi connectivity index (χ2n) is 6.73. The normalized spacial score (nSPS) is 28.3. The number of aryl methyl sites for hydroxylation is 1. The van der Waals surface area contributed by atoms with Gasteiger partial charge in [0.2, 0.25) is 5.91 Å². The van der Waals surface area contributed by atoms with Crippen LogP contribution in [0, 0.1) is 12.8 Å². The molecule has 1 heterocycles. The number of amides is 1. The summed E-state index contributed by atoms with van der Waals surface area (Å²) in [6.45, 7) is 6.30. The average Bonchev–Trinajstić information content (AvgIpc) is 3.09. The van der Waals surface area contributed by atoms with Crippen molar-refractivity contribution < 1.29 is 4.79 Å². The Morgan fingerprint density at radius 1 is 1.19 bits per heavy atom. The lowest BCUT2D eigenvalue weighted by molar-refractivity contribution is -0.132. The van der Waals surface area contributed by atoms with Crippen LogP contribution in [0.5, 0.6) is 0 Å². The van der Waals surface area contributed by atoms with Crippen LogP contribution >= 0.6 is 0 Å². The second kappa shape index (κ2) is 5.80. The van der Waals surface area contributed by atoms with Gasteiger partial charge in [-0.2, -0.15) is 0 Å². The van der Waals surface area contributed by atoms with Gasteiger partial charge in [0.15, 0.2) is 0 Å². The Bertz CT molecular complexity index is 504. The monoisotopic (exact) mass is 286 g/mol. The number of hydrogen-bond donors (Lipinski definition) is 1. The van der Waals surface area contributed by atoms with Crippen molar-refractivity contribution in [1.82, 2.24) is 10.2 Å². The van der Waals surface area contributed by atoms with E-state index in [-0.39, 0.29) is 18.1 Å². The molecule has 1 aromatic rings. The molecule has 2 fully saturated rings. The fraction of sp³-hybridized carbons (Fsp3) is 0.611. The molecule has 1 amide bonds. The van der Waals surface area contributed by atoms with Crippen molar-refractivity contribution in [1.29, 1.82) is 0 Å². The van der Waals surface area contributed by atoms with Crippen molar-refractivity contribution in [2.24, 2.45) is 5.92 Å². The highest BCUT2D eigenvalue weighted by molar-refractivity contribution is 5.84. The van der Waals surface area contributed by atoms with E-state index in [4.69, 9.17) is 0 Å². The molecule has 2 aliphatic rings. The molecule has 0 spiro atoms. The van der Waals surface area contributed by atoms with Crippen LogP contribution in [0.15, 0.2) is 24.3 Å². The van der Waals surface area contributed by atoms with E-state index in [9.17, 15) is 4.79 Å². The number of rotatable bonds is 3. The number of nitrogens with zero attached hydrogens (tertiary/aromatic N) is 1. The minimum absolute atomic E-state index is 0.0312. The van der Waals surface area contributed by atoms with Gasteiger partial charge in [0.25, 0.3) is 0 Å². The zero-order valence-electron chi connectivity index (χ0n) is 13.3. The van der Waals surface area contributed by atoms with E-state index in [0.29, 0.717) is 12.0 Å². The third kappa shape index (κ3) is 2.71. The molecular formula is C18H26N2O. The lowest BCUT2D eigenvalue weighted by atomic mass is 9.97. The smallest absolute Gasteiger partial charge is 0.241 e. The number of benzene rings is 1. The quantitative estimate of drug-likeness (QED) is 0.923. The van der Waals surface area contributed by atoms with E-state index < -0.39 is 0 Å². The molecule has 0 bridgehead atoms. The van der Waals surface area contributed by atoms with Gasteiger partial charge in [-0.15, -0.1) is 0 Å². The third-order valence-corrected chi connectivity index (χ3v) is 5.22. The van der Waals surface area contributed by atoms with Crippen molar-refractivity contribution in [3.8, 4) is 0 Å². The van der Waals surface area contributed by atoms with Gasteiger partial charge in [-0.25, -0.2) is 0 Å². The van der Waals surface area contributed by atoms with Gasteiger partial charge < -0.3 is 4.90 Å². The second-order valence-corrected chi connectivity index (χ2v) is 6.73. The zero-order valence-corrected chi connectivity index (χ0v) is 13.3. The van der Waals surface area contributed by atoms with Crippen LogP contribution in [0.2, 0.25) is 0 Å². The van der Waals surface area contributed by atoms with Gasteiger partial charge >= 0.3 is 0 Å². The number of carbonyl (C=O) groups excluding carboxylic acids is 1. The van der Waals surface area contributed by atoms with Crippen molar-refractivity contribution >= 4 is 5.91 Å². The first-order valence-electron chi connectivity index (χ1n) is 8.22. The summed E-state index contributed by atoms with van der Waals surface area (Å²) in [6.07, 6.45) is 5.19. The summed E-state index contributed by atoms with van der Waals surface area (Å²) < 4.78 is 0. The van der Waals surface area contributed by atoms with Crippen LogP contribution in [0.3, 0.4) is 0 Å². The summed E-state index contributed by atoms with van der Waals surface area (Å²) in [5.41, 5.74) is 2.45. The molecule has 3 nitrogen and oxygen atoms in total. The van der Waals surface area contributed by atoms with Crippen LogP contribution in [-0.4, -0.2) is 22.9 Å². The Hall–Kier alpha value is -1.35. The zero-order chi connectivity index (χ0) is 15.0. The van der Waals surface area contributed by atoms with Gasteiger partial charge in [-0.1, -0.05) is 42.7 Å². The topological polar surface area (TPSA) is 32.3 Å². The van der Waals surface area contributed by atoms with Crippen molar-refractivity contribution in [2.45, 2.75) is 64.7 Å². The molecule has 0 radical (unpaired) electrons. The predicted octanol–water partition coefficient (Wildman–Crippen LogP) is 3.39. The van der Waals surface area contributed by atoms with Gasteiger partial charge in [0, 0.05) is 6.04 Å². The largest absolute Gasteiger partial charge is 0.319 e. The first kappa shape index (κ1) is 14.6. The van der Waals surface area contributed by atoms with E-state index in [0.717, 1.165) is 0 Å². The third-order valence-electron chi connectivity index (χ3n) is 5.22. The number of nitrogens with one attached hydrogen (secondary N) is 1. The van der Waals surface area contributed by atoms with E-state index in [1.165, 1.54) is 36.8 Å². The van der Waals surface area contributed by atoms with Crippen LogP contribution in [-0.2, 0) is 4.79 Å². The van der Waals surface area contributed by atoms with Gasteiger partial charge in [-0.3, -0.25) is 10.1 Å². The molecule has 1 saturated heterocycles. The lowest BCUT2D eigenvalue weighted by Crippen LogP contribution is -2.42. The van der Waals surface area contributed by atoms with Crippen LogP contribution < -0.4 is 5.32 Å². The number of hydrogen-bond acceptors (Lipinski definition) is 2. The van der Waals surface area contributed by atoms with Gasteiger partial charge in [-0.05, 0) is 45.1 Å². The molecule has 1 aromatic carbocycles. The molecule has 114 valence electrons. The molecule has 1 aliphatic heterocycles. The van der Waals surface area contributed by atoms with Gasteiger partial charge in [0.05, 0.1) is 6.04 Å². The molecule has 1 N–H and O–H groups in total. The molecule has 0 aromatic heterocycles. The Morgan fingerprint density at radius 2 is 1.81 bits per heavy atom. The maximum Gasteiger partial charge on any atom is 0.241 e. The van der Waals surface area contributed by atoms with E-state index in [1.807, 2.05) is 6.92 Å². The Labute approximate surface area is 127 Å². The maximum atomic E-state index is 12.6. The highest BCUT2D eigenvalue weighted by Gasteiger charge is 2.42. The van der Waals surface area contributed by atoms with Crippen molar-refractivity contribution in [3.63, 3.8) is 0 Å².